The van der Waals surface area contributed by atoms with E-state index in [-0.39, 0.29) is 12.1 Å². The van der Waals surface area contributed by atoms with E-state index in [0.717, 1.165) is 23.1 Å². The van der Waals surface area contributed by atoms with Crippen molar-refractivity contribution in [3.8, 4) is 0 Å². The van der Waals surface area contributed by atoms with Crippen LogP contribution in [0.5, 0.6) is 0 Å². The lowest BCUT2D eigenvalue weighted by Gasteiger charge is -2.32. The van der Waals surface area contributed by atoms with Gasteiger partial charge in [0.15, 0.2) is 0 Å². The van der Waals surface area contributed by atoms with Crippen LogP contribution in [0.3, 0.4) is 0 Å². The Hall–Kier alpha value is -1.63. The molecule has 1 aliphatic rings. The van der Waals surface area contributed by atoms with Crippen molar-refractivity contribution in [3.05, 3.63) is 58.0 Å². The van der Waals surface area contributed by atoms with Crippen molar-refractivity contribution in [2.75, 3.05) is 26.8 Å². The monoisotopic (exact) mass is 379 g/mol. The highest BCUT2D eigenvalue weighted by atomic mass is 79.9. The number of hydrogen-bond donors (Lipinski definition) is 0. The summed E-state index contributed by atoms with van der Waals surface area (Å²) in [4.78, 5) is 14.0. The largest absolute Gasteiger partial charge is 0.467 e. The lowest BCUT2D eigenvalue weighted by Crippen LogP contribution is -2.38. The number of esters is 1. The zero-order valence-electron chi connectivity index (χ0n) is 12.8. The molecule has 0 radical (unpaired) electrons. The summed E-state index contributed by atoms with van der Waals surface area (Å²) in [7, 11) is 1.37. The van der Waals surface area contributed by atoms with Gasteiger partial charge in [0.25, 0.3) is 0 Å². The first-order chi connectivity index (χ1) is 11.2. The van der Waals surface area contributed by atoms with E-state index in [1.54, 1.807) is 6.07 Å². The topological polar surface area (TPSA) is 51.9 Å². The van der Waals surface area contributed by atoms with Crippen LogP contribution in [-0.4, -0.2) is 37.7 Å². The van der Waals surface area contributed by atoms with Gasteiger partial charge in [0.05, 0.1) is 32.6 Å². The number of halogens is 1. The highest BCUT2D eigenvalue weighted by Crippen LogP contribution is 2.26. The Kier molecular flexibility index (Phi) is 5.15. The number of nitrogens with zero attached hydrogens (tertiary/aromatic N) is 1. The summed E-state index contributed by atoms with van der Waals surface area (Å²) in [5.41, 5.74) is 1.62. The maximum atomic E-state index is 11.7. The first kappa shape index (κ1) is 16.2. The molecule has 1 saturated heterocycles. The van der Waals surface area contributed by atoms with Gasteiger partial charge in [0.2, 0.25) is 0 Å². The minimum atomic E-state index is -0.370. The van der Waals surface area contributed by atoms with Crippen LogP contribution in [0.4, 0.5) is 0 Å². The molecule has 0 aliphatic carbocycles. The summed E-state index contributed by atoms with van der Waals surface area (Å²) >= 11 is 3.49. The van der Waals surface area contributed by atoms with E-state index in [2.05, 4.69) is 33.0 Å². The summed E-state index contributed by atoms with van der Waals surface area (Å²) < 4.78 is 17.2. The Labute approximate surface area is 143 Å². The number of rotatable bonds is 4. The van der Waals surface area contributed by atoms with E-state index in [0.29, 0.717) is 24.5 Å². The van der Waals surface area contributed by atoms with Crippen LogP contribution in [0.1, 0.15) is 27.8 Å². The van der Waals surface area contributed by atoms with Crippen LogP contribution < -0.4 is 0 Å². The van der Waals surface area contributed by atoms with E-state index in [1.807, 2.05) is 12.1 Å². The van der Waals surface area contributed by atoms with Crippen LogP contribution in [0.2, 0.25) is 0 Å². The second-order valence-electron chi connectivity index (χ2n) is 5.40. The summed E-state index contributed by atoms with van der Waals surface area (Å²) in [5, 5.41) is 0. The van der Waals surface area contributed by atoms with Gasteiger partial charge in [-0.3, -0.25) is 4.90 Å². The Balaban J connectivity index is 1.70. The first-order valence-corrected chi connectivity index (χ1v) is 8.21. The Morgan fingerprint density at radius 1 is 1.43 bits per heavy atom. The maximum Gasteiger partial charge on any atom is 0.341 e. The van der Waals surface area contributed by atoms with E-state index in [4.69, 9.17) is 13.9 Å². The number of morpholine rings is 1. The molecule has 0 amide bonds. The van der Waals surface area contributed by atoms with Gasteiger partial charge in [-0.2, -0.15) is 0 Å². The van der Waals surface area contributed by atoms with Gasteiger partial charge in [0.1, 0.15) is 11.3 Å². The average Bonchev–Trinajstić information content (AvgIpc) is 3.02. The number of carbonyl (C=O) groups excluding carboxylic acids is 1. The fourth-order valence-electron chi connectivity index (χ4n) is 2.71. The molecule has 1 atom stereocenters. The van der Waals surface area contributed by atoms with Gasteiger partial charge in [-0.25, -0.2) is 4.79 Å². The number of hydrogen-bond acceptors (Lipinski definition) is 5. The Morgan fingerprint density at radius 3 is 3.09 bits per heavy atom. The molecular formula is C17H18BrNO4. The third kappa shape index (κ3) is 3.83. The van der Waals surface area contributed by atoms with E-state index in [1.165, 1.54) is 13.4 Å². The standard InChI is InChI=1S/C17H18BrNO4/c1-21-17(20)14-5-7-22-16(14)11-19-6-8-23-15(10-19)12-3-2-4-13(18)9-12/h2-5,7,9,15H,6,8,10-11H2,1H3. The van der Waals surface area contributed by atoms with Crippen molar-refractivity contribution < 1.29 is 18.7 Å². The van der Waals surface area contributed by atoms with Crippen molar-refractivity contribution >= 4 is 21.9 Å². The molecular weight excluding hydrogens is 362 g/mol. The Bertz CT molecular complexity index is 685. The summed E-state index contributed by atoms with van der Waals surface area (Å²) in [6, 6.07) is 9.78. The van der Waals surface area contributed by atoms with E-state index in [9.17, 15) is 4.79 Å². The molecule has 5 nitrogen and oxygen atoms in total. The second kappa shape index (κ2) is 7.29. The lowest BCUT2D eigenvalue weighted by atomic mass is 10.1. The number of methoxy groups -OCH3 is 1. The third-order valence-corrected chi connectivity index (χ3v) is 4.38. The minimum Gasteiger partial charge on any atom is -0.467 e. The van der Waals surface area contributed by atoms with Crippen molar-refractivity contribution in [2.24, 2.45) is 0 Å². The van der Waals surface area contributed by atoms with E-state index >= 15 is 0 Å². The molecule has 23 heavy (non-hydrogen) atoms. The number of carbonyl (C=O) groups is 1. The van der Waals surface area contributed by atoms with E-state index < -0.39 is 0 Å². The zero-order chi connectivity index (χ0) is 16.2. The highest BCUT2D eigenvalue weighted by Gasteiger charge is 2.25. The van der Waals surface area contributed by atoms with Crippen LogP contribution in [0.15, 0.2) is 45.5 Å². The molecule has 1 aromatic carbocycles. The molecule has 1 aliphatic heterocycles. The molecule has 6 heteroatoms. The smallest absolute Gasteiger partial charge is 0.341 e. The van der Waals surface area contributed by atoms with Crippen molar-refractivity contribution in [2.45, 2.75) is 12.6 Å². The molecule has 0 N–H and O–H groups in total. The van der Waals surface area contributed by atoms with Crippen molar-refractivity contribution in [3.63, 3.8) is 0 Å². The summed E-state index contributed by atoms with van der Waals surface area (Å²) in [6.07, 6.45) is 1.53. The molecule has 0 bridgehead atoms. The highest BCUT2D eigenvalue weighted by molar-refractivity contribution is 9.10. The van der Waals surface area contributed by atoms with Gasteiger partial charge < -0.3 is 13.9 Å². The third-order valence-electron chi connectivity index (χ3n) is 3.89. The molecule has 1 fully saturated rings. The van der Waals surface area contributed by atoms with Crippen LogP contribution in [0.25, 0.3) is 0 Å². The molecule has 122 valence electrons. The van der Waals surface area contributed by atoms with Gasteiger partial charge in [-0.15, -0.1) is 0 Å². The molecule has 3 rings (SSSR count). The molecule has 2 aromatic rings. The predicted octanol–water partition coefficient (Wildman–Crippen LogP) is 3.40. The number of benzene rings is 1. The SMILES string of the molecule is COC(=O)c1ccoc1CN1CCOC(c2cccc(Br)c2)C1. The normalized spacial score (nSPS) is 18.8. The fraction of sp³-hybridized carbons (Fsp3) is 0.353. The Morgan fingerprint density at radius 2 is 2.30 bits per heavy atom. The average molecular weight is 380 g/mol. The molecule has 1 aromatic heterocycles. The van der Waals surface area contributed by atoms with Gasteiger partial charge in [-0.1, -0.05) is 28.1 Å². The molecule has 2 heterocycles. The summed E-state index contributed by atoms with van der Waals surface area (Å²) in [6.45, 7) is 2.75. The number of furan rings is 1. The van der Waals surface area contributed by atoms with Crippen LogP contribution in [-0.2, 0) is 16.0 Å². The zero-order valence-corrected chi connectivity index (χ0v) is 14.4. The van der Waals surface area contributed by atoms with Crippen molar-refractivity contribution in [1.29, 1.82) is 0 Å². The predicted molar refractivity (Wildman–Crippen MR) is 88.2 cm³/mol. The van der Waals surface area contributed by atoms with Gasteiger partial charge >= 0.3 is 5.97 Å². The molecule has 0 spiro atoms. The van der Waals surface area contributed by atoms with Gasteiger partial charge in [0, 0.05) is 17.6 Å². The molecule has 1 unspecified atom stereocenters. The van der Waals surface area contributed by atoms with Crippen LogP contribution >= 0.6 is 15.9 Å². The minimum absolute atomic E-state index is 0.0118. The van der Waals surface area contributed by atoms with Crippen LogP contribution in [0, 0.1) is 0 Å². The van der Waals surface area contributed by atoms with Crippen molar-refractivity contribution in [1.82, 2.24) is 4.90 Å². The lowest BCUT2D eigenvalue weighted by molar-refractivity contribution is -0.0348. The maximum absolute atomic E-state index is 11.7. The summed E-state index contributed by atoms with van der Waals surface area (Å²) in [5.74, 6) is 0.261. The number of ether oxygens (including phenoxy) is 2. The second-order valence-corrected chi connectivity index (χ2v) is 6.31. The molecule has 0 saturated carbocycles. The van der Waals surface area contributed by atoms with Gasteiger partial charge in [-0.05, 0) is 23.8 Å². The quantitative estimate of drug-likeness (QED) is 0.761. The first-order valence-electron chi connectivity index (χ1n) is 7.41. The fourth-order valence-corrected chi connectivity index (χ4v) is 3.13.